The van der Waals surface area contributed by atoms with Gasteiger partial charge in [-0.25, -0.2) is 9.37 Å². The number of nitrogens with zero attached hydrogens (tertiary/aromatic N) is 6. The Morgan fingerprint density at radius 2 is 1.84 bits per heavy atom. The maximum Gasteiger partial charge on any atom is 0.229 e. The van der Waals surface area contributed by atoms with E-state index in [1.54, 1.807) is 39.0 Å². The van der Waals surface area contributed by atoms with Crippen molar-refractivity contribution in [1.29, 1.82) is 0 Å². The summed E-state index contributed by atoms with van der Waals surface area (Å²) in [5.41, 5.74) is 3.33. The number of hydrogen-bond donors (Lipinski definition) is 3. The highest BCUT2D eigenvalue weighted by Gasteiger charge is 2.46. The summed E-state index contributed by atoms with van der Waals surface area (Å²) in [5, 5.41) is 16.5. The van der Waals surface area contributed by atoms with Gasteiger partial charge in [-0.05, 0) is 72.8 Å². The first-order valence-electron chi connectivity index (χ1n) is 14.8. The van der Waals surface area contributed by atoms with E-state index in [1.807, 2.05) is 24.3 Å². The third-order valence-electron chi connectivity index (χ3n) is 8.49. The molecule has 14 heteroatoms. The third kappa shape index (κ3) is 6.49. The second-order valence-corrected chi connectivity index (χ2v) is 16.2. The number of hydrogen-bond acceptors (Lipinski definition) is 11. The van der Waals surface area contributed by atoms with E-state index in [0.717, 1.165) is 42.9 Å². The minimum atomic E-state index is -2.75. The topological polar surface area (TPSA) is 129 Å². The molecule has 2 aromatic carbocycles. The molecule has 2 aromatic heterocycles. The van der Waals surface area contributed by atoms with E-state index < -0.39 is 19.4 Å². The number of likely N-dealkylation sites (tertiary alicyclic amines) is 1. The largest absolute Gasteiger partial charge is 0.494 e. The molecule has 6 rings (SSSR count). The lowest BCUT2D eigenvalue weighted by Crippen LogP contribution is -2.65. The van der Waals surface area contributed by atoms with Crippen LogP contribution >= 0.6 is 23.1 Å². The minimum absolute atomic E-state index is 0.312. The van der Waals surface area contributed by atoms with Crippen LogP contribution in [0.5, 0.6) is 5.75 Å². The molecule has 45 heavy (non-hydrogen) atoms. The molecule has 0 saturated carbocycles. The smallest absolute Gasteiger partial charge is 0.229 e. The molecule has 0 bridgehead atoms. The molecular formula is C31H37BrFN8O3P. The zero-order chi connectivity index (χ0) is 31.9. The second kappa shape index (κ2) is 12.4. The van der Waals surface area contributed by atoms with Gasteiger partial charge in [-0.1, -0.05) is 0 Å². The quantitative estimate of drug-likeness (QED) is 0.199. The number of fused-ring (bicyclic) bond motifs is 1. The number of rotatable bonds is 9. The predicted molar refractivity (Wildman–Crippen MR) is 180 cm³/mol. The summed E-state index contributed by atoms with van der Waals surface area (Å²) < 4.78 is 34.0. The van der Waals surface area contributed by atoms with E-state index in [2.05, 4.69) is 58.2 Å². The lowest BCUT2D eigenvalue weighted by molar-refractivity contribution is -0.0896. The number of halogens is 2. The van der Waals surface area contributed by atoms with Crippen LogP contribution < -0.4 is 25.6 Å². The molecule has 2 fully saturated rings. The lowest BCUT2D eigenvalue weighted by Gasteiger charge is -2.50. The first kappa shape index (κ1) is 31.6. The molecule has 0 unspecified atom stereocenters. The van der Waals surface area contributed by atoms with Gasteiger partial charge in [0, 0.05) is 62.6 Å². The fourth-order valence-corrected chi connectivity index (χ4v) is 7.91. The van der Waals surface area contributed by atoms with Crippen LogP contribution in [0.2, 0.25) is 0 Å². The molecule has 2 saturated heterocycles. The molecule has 0 aliphatic carbocycles. The number of nitrogens with one attached hydrogen (secondary N) is 2. The van der Waals surface area contributed by atoms with Crippen LogP contribution in [0.3, 0.4) is 0 Å². The van der Waals surface area contributed by atoms with Gasteiger partial charge in [-0.15, -0.1) is 0 Å². The van der Waals surface area contributed by atoms with E-state index in [1.165, 1.54) is 0 Å². The molecule has 0 radical (unpaired) electrons. The number of anilines is 5. The number of aryl methyl sites for hydroxylation is 1. The van der Waals surface area contributed by atoms with Crippen molar-refractivity contribution in [2.75, 3.05) is 68.8 Å². The zero-order valence-corrected chi connectivity index (χ0v) is 28.2. The summed E-state index contributed by atoms with van der Waals surface area (Å²) >= 11 is 3.55. The highest BCUT2D eigenvalue weighted by Crippen LogP contribution is 2.42. The molecule has 0 atom stereocenters. The number of methoxy groups -OCH3 is 1. The molecular weight excluding hydrogens is 662 g/mol. The van der Waals surface area contributed by atoms with Crippen molar-refractivity contribution < 1.29 is 18.8 Å². The van der Waals surface area contributed by atoms with Crippen molar-refractivity contribution >= 4 is 68.2 Å². The van der Waals surface area contributed by atoms with Crippen LogP contribution in [-0.4, -0.2) is 94.9 Å². The second-order valence-electron chi connectivity index (χ2n) is 12.1. The van der Waals surface area contributed by atoms with Crippen molar-refractivity contribution in [3.8, 4) is 5.75 Å². The Bertz CT molecular complexity index is 1780. The molecule has 0 spiro atoms. The molecule has 4 heterocycles. The van der Waals surface area contributed by atoms with E-state index in [0.29, 0.717) is 63.1 Å². The summed E-state index contributed by atoms with van der Waals surface area (Å²) in [6.07, 6.45) is 6.73. The van der Waals surface area contributed by atoms with E-state index >= 15 is 0 Å². The van der Waals surface area contributed by atoms with E-state index in [-0.39, 0.29) is 0 Å². The van der Waals surface area contributed by atoms with Crippen molar-refractivity contribution in [1.82, 2.24) is 24.8 Å². The van der Waals surface area contributed by atoms with Crippen LogP contribution in [0.15, 0.2) is 47.3 Å². The van der Waals surface area contributed by atoms with E-state index in [4.69, 9.17) is 9.72 Å². The summed E-state index contributed by atoms with van der Waals surface area (Å²) in [6.45, 7) is 7.41. The van der Waals surface area contributed by atoms with Crippen molar-refractivity contribution in [3.05, 3.63) is 52.9 Å². The Kier molecular flexibility index (Phi) is 8.73. The third-order valence-corrected chi connectivity index (χ3v) is 10.6. The van der Waals surface area contributed by atoms with Crippen molar-refractivity contribution in [3.63, 3.8) is 0 Å². The Balaban J connectivity index is 1.20. The highest BCUT2D eigenvalue weighted by molar-refractivity contribution is 9.10. The zero-order valence-electron chi connectivity index (χ0n) is 25.7. The number of aliphatic hydroxyl groups excluding tert-OH is 1. The molecule has 11 nitrogen and oxygen atoms in total. The average Bonchev–Trinajstić information content (AvgIpc) is 3.00. The number of aromatic nitrogens is 4. The Hall–Kier alpha value is -3.38. The van der Waals surface area contributed by atoms with Crippen LogP contribution in [0, 0.1) is 6.92 Å². The SMILES string of the molecule is COc1cc(N2CCC(N3CC(F)(CO)C3)CC2)c(C)cc1Nc1ncc(Br)c(Nc2ccc3nccnc3c2P(C)(C)=O)n1. The standard InChI is InChI=1S/C31H37BrFN8O3P/c1-19-13-24(26(44-2)14-25(19)40-11-7-20(8-12-40)41-16-31(33,17-41)18-42)38-30-36-15-21(32)29(39-30)37-23-6-5-22-27(35-10-9-34-22)28(23)45(3,4)43/h5-6,9-10,13-15,20,42H,7-8,11-12,16-18H2,1-4H3,(H2,36,37,38,39). The minimum Gasteiger partial charge on any atom is -0.494 e. The summed E-state index contributed by atoms with van der Waals surface area (Å²) in [5.74, 6) is 1.50. The maximum absolute atomic E-state index is 14.2. The molecule has 0 amide bonds. The Morgan fingerprint density at radius 3 is 2.53 bits per heavy atom. The Labute approximate surface area is 270 Å². The molecule has 4 aromatic rings. The van der Waals surface area contributed by atoms with Crippen LogP contribution in [0.1, 0.15) is 18.4 Å². The van der Waals surface area contributed by atoms with Gasteiger partial charge in [-0.3, -0.25) is 14.9 Å². The van der Waals surface area contributed by atoms with Gasteiger partial charge in [0.15, 0.2) is 5.67 Å². The number of benzene rings is 2. The molecule has 2 aliphatic heterocycles. The van der Waals surface area contributed by atoms with Gasteiger partial charge >= 0.3 is 0 Å². The van der Waals surface area contributed by atoms with Gasteiger partial charge in [-0.2, -0.15) is 4.98 Å². The van der Waals surface area contributed by atoms with Crippen molar-refractivity contribution in [2.24, 2.45) is 0 Å². The normalized spacial score (nSPS) is 17.3. The number of ether oxygens (including phenoxy) is 1. The fourth-order valence-electron chi connectivity index (χ4n) is 6.23. The Morgan fingerprint density at radius 1 is 1.11 bits per heavy atom. The first-order valence-corrected chi connectivity index (χ1v) is 18.2. The molecule has 3 N–H and O–H groups in total. The van der Waals surface area contributed by atoms with Crippen LogP contribution in [-0.2, 0) is 4.57 Å². The van der Waals surface area contributed by atoms with Gasteiger partial charge in [0.2, 0.25) is 5.95 Å². The van der Waals surface area contributed by atoms with Crippen LogP contribution in [0.4, 0.5) is 33.2 Å². The molecule has 238 valence electrons. The number of piperidine rings is 1. The van der Waals surface area contributed by atoms with Gasteiger partial charge in [0.1, 0.15) is 24.2 Å². The molecule has 2 aliphatic rings. The first-order chi connectivity index (χ1) is 21.5. The van der Waals surface area contributed by atoms with Crippen LogP contribution in [0.25, 0.3) is 11.0 Å². The van der Waals surface area contributed by atoms with Gasteiger partial charge in [0.25, 0.3) is 0 Å². The van der Waals surface area contributed by atoms with Crippen molar-refractivity contribution in [2.45, 2.75) is 31.5 Å². The van der Waals surface area contributed by atoms with Gasteiger partial charge in [0.05, 0.1) is 40.4 Å². The van der Waals surface area contributed by atoms with E-state index in [9.17, 15) is 14.1 Å². The fraction of sp³-hybridized carbons (Fsp3) is 0.419. The van der Waals surface area contributed by atoms with Gasteiger partial charge < -0.3 is 29.9 Å². The monoisotopic (exact) mass is 698 g/mol. The summed E-state index contributed by atoms with van der Waals surface area (Å²) in [7, 11) is -1.12. The predicted octanol–water partition coefficient (Wildman–Crippen LogP) is 5.22. The lowest BCUT2D eigenvalue weighted by atomic mass is 9.91. The summed E-state index contributed by atoms with van der Waals surface area (Å²) in [4.78, 5) is 22.5. The highest BCUT2D eigenvalue weighted by atomic mass is 79.9. The summed E-state index contributed by atoms with van der Waals surface area (Å²) in [6, 6.07) is 8.07. The number of alkyl halides is 1. The average molecular weight is 700 g/mol. The maximum atomic E-state index is 14.2. The number of aliphatic hydroxyl groups is 1.